The molecule has 0 aliphatic carbocycles. The van der Waals surface area contributed by atoms with Crippen molar-refractivity contribution < 1.29 is 28.2 Å². The summed E-state index contributed by atoms with van der Waals surface area (Å²) in [5.74, 6) is -0.303. The molecule has 1 aliphatic rings. The van der Waals surface area contributed by atoms with Gasteiger partial charge in [-0.2, -0.15) is 0 Å². The molecule has 0 saturated heterocycles. The summed E-state index contributed by atoms with van der Waals surface area (Å²) in [5.41, 5.74) is 2.30. The maximum absolute atomic E-state index is 13.8. The number of aryl methyl sites for hydroxylation is 1. The maximum atomic E-state index is 13.8. The van der Waals surface area contributed by atoms with E-state index >= 15 is 0 Å². The van der Waals surface area contributed by atoms with Gasteiger partial charge in [-0.1, -0.05) is 18.2 Å². The fraction of sp³-hybridized carbons (Fsp3) is 0.208. The van der Waals surface area contributed by atoms with Gasteiger partial charge in [-0.05, 0) is 48.4 Å². The molecule has 8 heteroatoms. The predicted octanol–water partition coefficient (Wildman–Crippen LogP) is 3.92. The van der Waals surface area contributed by atoms with Gasteiger partial charge in [-0.25, -0.2) is 14.2 Å². The van der Waals surface area contributed by atoms with Crippen LogP contribution in [0, 0.1) is 5.82 Å². The first kappa shape index (κ1) is 21.3. The molecule has 1 aliphatic heterocycles. The van der Waals surface area contributed by atoms with Crippen molar-refractivity contribution in [3.05, 3.63) is 83.3 Å². The predicted molar refractivity (Wildman–Crippen MR) is 114 cm³/mol. The van der Waals surface area contributed by atoms with Crippen LogP contribution in [-0.2, 0) is 22.6 Å². The van der Waals surface area contributed by atoms with Gasteiger partial charge >= 0.3 is 5.97 Å². The average molecular weight is 436 g/mol. The highest BCUT2D eigenvalue weighted by atomic mass is 19.1. The van der Waals surface area contributed by atoms with E-state index in [-0.39, 0.29) is 37.2 Å². The summed E-state index contributed by atoms with van der Waals surface area (Å²) in [6, 6.07) is 14.8. The molecular weight excluding hydrogens is 415 g/mol. The molecule has 1 N–H and O–H groups in total. The number of hydrogen-bond donors (Lipinski definition) is 1. The average Bonchev–Trinajstić information content (AvgIpc) is 2.81. The standard InChI is InChI=1S/C24H21FN2O5/c25-20-6-2-1-4-17(20)15-32-23-19(5-3-11-26-23)24(29)31-13-12-30-18-8-9-21-16(14-18)7-10-22(28)27-21/h1-6,8-9,11,14H,7,10,12-13,15H2,(H,27,28). The van der Waals surface area contributed by atoms with Gasteiger partial charge in [-0.3, -0.25) is 4.79 Å². The molecule has 1 amide bonds. The van der Waals surface area contributed by atoms with Crippen LogP contribution in [0.2, 0.25) is 0 Å². The number of aromatic nitrogens is 1. The second kappa shape index (κ2) is 9.91. The number of nitrogens with one attached hydrogen (secondary N) is 1. The van der Waals surface area contributed by atoms with Crippen LogP contribution in [0.5, 0.6) is 11.6 Å². The SMILES string of the molecule is O=C1CCc2cc(OCCOC(=O)c3cccnc3OCc3ccccc3F)ccc2N1. The van der Waals surface area contributed by atoms with Crippen LogP contribution in [0.15, 0.2) is 60.8 Å². The highest BCUT2D eigenvalue weighted by Gasteiger charge is 2.17. The summed E-state index contributed by atoms with van der Waals surface area (Å²) in [4.78, 5) is 28.0. The minimum absolute atomic E-state index is 0.00531. The Hall–Kier alpha value is -3.94. The molecule has 32 heavy (non-hydrogen) atoms. The molecule has 164 valence electrons. The minimum Gasteiger partial charge on any atom is -0.490 e. The van der Waals surface area contributed by atoms with E-state index in [1.807, 2.05) is 6.07 Å². The lowest BCUT2D eigenvalue weighted by atomic mass is 10.0. The third kappa shape index (κ3) is 5.21. The molecule has 0 unspecified atom stereocenters. The van der Waals surface area contributed by atoms with Crippen molar-refractivity contribution in [2.45, 2.75) is 19.4 Å². The first-order valence-corrected chi connectivity index (χ1v) is 10.1. The molecule has 2 heterocycles. The lowest BCUT2D eigenvalue weighted by Gasteiger charge is -2.17. The van der Waals surface area contributed by atoms with E-state index in [0.29, 0.717) is 24.2 Å². The molecule has 7 nitrogen and oxygen atoms in total. The number of rotatable bonds is 8. The highest BCUT2D eigenvalue weighted by molar-refractivity contribution is 5.94. The fourth-order valence-corrected chi connectivity index (χ4v) is 3.24. The molecule has 0 radical (unpaired) electrons. The van der Waals surface area contributed by atoms with Gasteiger partial charge in [0.2, 0.25) is 11.8 Å². The van der Waals surface area contributed by atoms with E-state index in [0.717, 1.165) is 11.3 Å². The molecule has 0 bridgehead atoms. The number of carbonyl (C=O) groups excluding carboxylic acids is 2. The Bertz CT molecular complexity index is 1130. The summed E-state index contributed by atoms with van der Waals surface area (Å²) < 4.78 is 30.3. The third-order valence-corrected chi connectivity index (χ3v) is 4.87. The number of nitrogens with zero attached hydrogens (tertiary/aromatic N) is 1. The van der Waals surface area contributed by atoms with E-state index in [1.165, 1.54) is 18.3 Å². The van der Waals surface area contributed by atoms with Crippen molar-refractivity contribution >= 4 is 17.6 Å². The van der Waals surface area contributed by atoms with E-state index in [4.69, 9.17) is 14.2 Å². The van der Waals surface area contributed by atoms with E-state index in [1.54, 1.807) is 36.4 Å². The molecule has 0 spiro atoms. The van der Waals surface area contributed by atoms with Crippen molar-refractivity contribution in [2.24, 2.45) is 0 Å². The molecule has 3 aromatic rings. The van der Waals surface area contributed by atoms with Crippen LogP contribution < -0.4 is 14.8 Å². The Balaban J connectivity index is 1.29. The Morgan fingerprint density at radius 2 is 1.91 bits per heavy atom. The zero-order valence-electron chi connectivity index (χ0n) is 17.2. The molecular formula is C24H21FN2O5. The largest absolute Gasteiger partial charge is 0.490 e. The van der Waals surface area contributed by atoms with Gasteiger partial charge in [0, 0.05) is 23.9 Å². The normalized spacial score (nSPS) is 12.5. The van der Waals surface area contributed by atoms with E-state index in [9.17, 15) is 14.0 Å². The number of pyridine rings is 1. The first-order valence-electron chi connectivity index (χ1n) is 10.1. The number of anilines is 1. The van der Waals surface area contributed by atoms with Crippen molar-refractivity contribution in [1.82, 2.24) is 4.98 Å². The van der Waals surface area contributed by atoms with Crippen LogP contribution in [0.1, 0.15) is 27.9 Å². The van der Waals surface area contributed by atoms with Crippen molar-refractivity contribution in [1.29, 1.82) is 0 Å². The quantitative estimate of drug-likeness (QED) is 0.426. The van der Waals surface area contributed by atoms with Crippen LogP contribution in [-0.4, -0.2) is 30.1 Å². The molecule has 0 saturated carbocycles. The first-order chi connectivity index (χ1) is 15.6. The molecule has 1 aromatic heterocycles. The van der Waals surface area contributed by atoms with Crippen LogP contribution in [0.4, 0.5) is 10.1 Å². The van der Waals surface area contributed by atoms with Gasteiger partial charge in [0.15, 0.2) is 0 Å². The van der Waals surface area contributed by atoms with E-state index in [2.05, 4.69) is 10.3 Å². The van der Waals surface area contributed by atoms with Gasteiger partial charge in [0.1, 0.15) is 37.0 Å². The lowest BCUT2D eigenvalue weighted by Crippen LogP contribution is -2.19. The number of amides is 1. The Morgan fingerprint density at radius 1 is 1.03 bits per heavy atom. The summed E-state index contributed by atoms with van der Waals surface area (Å²) in [6.07, 6.45) is 2.58. The molecule has 2 aromatic carbocycles. The number of halogens is 1. The fourth-order valence-electron chi connectivity index (χ4n) is 3.24. The summed E-state index contributed by atoms with van der Waals surface area (Å²) in [6.45, 7) is 0.114. The number of fused-ring (bicyclic) bond motifs is 1. The third-order valence-electron chi connectivity index (χ3n) is 4.87. The zero-order chi connectivity index (χ0) is 22.3. The number of ether oxygens (including phenoxy) is 3. The Labute approximate surface area is 184 Å². The van der Waals surface area contributed by atoms with Crippen molar-refractivity contribution in [3.8, 4) is 11.6 Å². The lowest BCUT2D eigenvalue weighted by molar-refractivity contribution is -0.116. The Kier molecular flexibility index (Phi) is 6.60. The topological polar surface area (TPSA) is 86.8 Å². The van der Waals surface area contributed by atoms with Crippen LogP contribution >= 0.6 is 0 Å². The van der Waals surface area contributed by atoms with Crippen LogP contribution in [0.25, 0.3) is 0 Å². The smallest absolute Gasteiger partial charge is 0.343 e. The number of esters is 1. The van der Waals surface area contributed by atoms with Gasteiger partial charge < -0.3 is 19.5 Å². The summed E-state index contributed by atoms with van der Waals surface area (Å²) in [7, 11) is 0. The second-order valence-corrected chi connectivity index (χ2v) is 7.09. The van der Waals surface area contributed by atoms with Crippen molar-refractivity contribution in [2.75, 3.05) is 18.5 Å². The Morgan fingerprint density at radius 3 is 2.78 bits per heavy atom. The summed E-state index contributed by atoms with van der Waals surface area (Å²) >= 11 is 0. The van der Waals surface area contributed by atoms with Gasteiger partial charge in [0.25, 0.3) is 0 Å². The number of benzene rings is 2. The number of carbonyl (C=O) groups is 2. The van der Waals surface area contributed by atoms with Crippen molar-refractivity contribution in [3.63, 3.8) is 0 Å². The maximum Gasteiger partial charge on any atom is 0.343 e. The van der Waals surface area contributed by atoms with Crippen LogP contribution in [0.3, 0.4) is 0 Å². The van der Waals surface area contributed by atoms with Gasteiger partial charge in [0.05, 0.1) is 0 Å². The number of hydrogen-bond acceptors (Lipinski definition) is 6. The van der Waals surface area contributed by atoms with E-state index < -0.39 is 11.8 Å². The van der Waals surface area contributed by atoms with Gasteiger partial charge in [-0.15, -0.1) is 0 Å². The molecule has 0 atom stereocenters. The summed E-state index contributed by atoms with van der Waals surface area (Å²) in [5, 5.41) is 2.81. The zero-order valence-corrected chi connectivity index (χ0v) is 17.2. The minimum atomic E-state index is -0.613. The monoisotopic (exact) mass is 436 g/mol. The molecule has 0 fully saturated rings. The second-order valence-electron chi connectivity index (χ2n) is 7.09. The highest BCUT2D eigenvalue weighted by Crippen LogP contribution is 2.26. The molecule has 4 rings (SSSR count).